The maximum Gasteiger partial charge on any atom is 0.141 e. The van der Waals surface area contributed by atoms with Gasteiger partial charge in [-0.15, -0.1) is 11.6 Å². The van der Waals surface area contributed by atoms with Gasteiger partial charge in [-0.1, -0.05) is 36.2 Å². The molecule has 2 aromatic carbocycles. The van der Waals surface area contributed by atoms with E-state index in [1.807, 2.05) is 0 Å². The molecule has 0 atom stereocenters. The molecule has 3 aromatic rings. The number of halogens is 1. The van der Waals surface area contributed by atoms with Crippen LogP contribution in [0.25, 0.3) is 16.9 Å². The van der Waals surface area contributed by atoms with Crippen LogP contribution in [0.1, 0.15) is 0 Å². The van der Waals surface area contributed by atoms with E-state index in [0.717, 1.165) is 0 Å². The van der Waals surface area contributed by atoms with Crippen LogP contribution in [0, 0.1) is 11.9 Å². The topological polar surface area (TPSA) is 38.0 Å². The van der Waals surface area contributed by atoms with Crippen LogP contribution in [0.2, 0.25) is 0 Å². The first-order valence-corrected chi connectivity index (χ1v) is 5.76. The number of rotatable bonds is 2. The molecule has 0 saturated heterocycles. The summed E-state index contributed by atoms with van der Waals surface area (Å²) in [7, 11) is 0. The Hall–Kier alpha value is -2.00. The fourth-order valence-corrected chi connectivity index (χ4v) is 1.85. The summed E-state index contributed by atoms with van der Waals surface area (Å²) >= 11 is 0. The second kappa shape index (κ2) is 5.97. The van der Waals surface area contributed by atoms with E-state index in [-0.39, 0.29) is 31.0 Å². The number of aromatic nitrogens is 2. The molecular formula is C15H10FN2OZn-. The summed E-state index contributed by atoms with van der Waals surface area (Å²) in [5, 5.41) is 14.0. The first-order valence-electron chi connectivity index (χ1n) is 5.76. The second-order valence-corrected chi connectivity index (χ2v) is 4.07. The first kappa shape index (κ1) is 14.4. The molecule has 0 aliphatic rings. The van der Waals surface area contributed by atoms with Gasteiger partial charge >= 0.3 is 0 Å². The van der Waals surface area contributed by atoms with E-state index in [9.17, 15) is 9.50 Å². The van der Waals surface area contributed by atoms with Crippen molar-refractivity contribution >= 4 is 0 Å². The molecule has 0 amide bonds. The van der Waals surface area contributed by atoms with Gasteiger partial charge in [0.05, 0.1) is 0 Å². The average Bonchev–Trinajstić information content (AvgIpc) is 2.89. The molecule has 0 radical (unpaired) electrons. The van der Waals surface area contributed by atoms with Crippen molar-refractivity contribution in [2.75, 3.05) is 0 Å². The van der Waals surface area contributed by atoms with Crippen molar-refractivity contribution in [3.05, 3.63) is 66.6 Å². The number of phenolic OH excluding ortho intramolecular Hbond substituents is 1. The predicted octanol–water partition coefficient (Wildman–Crippen LogP) is 3.18. The van der Waals surface area contributed by atoms with Crippen LogP contribution in [0.3, 0.4) is 0 Å². The van der Waals surface area contributed by atoms with E-state index in [4.69, 9.17) is 0 Å². The third kappa shape index (κ3) is 2.78. The Labute approximate surface area is 128 Å². The van der Waals surface area contributed by atoms with Crippen LogP contribution in [0.4, 0.5) is 4.39 Å². The van der Waals surface area contributed by atoms with Gasteiger partial charge in [-0.25, -0.2) is 15.6 Å². The first-order chi connectivity index (χ1) is 9.24. The van der Waals surface area contributed by atoms with Crippen molar-refractivity contribution < 1.29 is 29.0 Å². The fraction of sp³-hybridized carbons (Fsp3) is 0. The zero-order valence-corrected chi connectivity index (χ0v) is 13.6. The zero-order valence-electron chi connectivity index (χ0n) is 10.6. The van der Waals surface area contributed by atoms with Crippen molar-refractivity contribution in [1.29, 1.82) is 0 Å². The summed E-state index contributed by atoms with van der Waals surface area (Å²) in [6.07, 6.45) is 1.61. The second-order valence-electron chi connectivity index (χ2n) is 4.07. The Morgan fingerprint density at radius 3 is 2.65 bits per heavy atom. The maximum absolute atomic E-state index is 13.2. The van der Waals surface area contributed by atoms with E-state index in [2.05, 4.69) is 11.2 Å². The monoisotopic (exact) mass is 317 g/mol. The van der Waals surface area contributed by atoms with Crippen LogP contribution < -0.4 is 0 Å². The predicted molar refractivity (Wildman–Crippen MR) is 69.5 cm³/mol. The smallest absolute Gasteiger partial charge is 0.141 e. The summed E-state index contributed by atoms with van der Waals surface area (Å²) in [6, 6.07) is 16.0. The fourth-order valence-electron chi connectivity index (χ4n) is 1.85. The Bertz CT molecular complexity index is 727. The Balaban J connectivity index is 0.00000147. The zero-order chi connectivity index (χ0) is 13.2. The normalized spacial score (nSPS) is 10.1. The molecule has 20 heavy (non-hydrogen) atoms. The van der Waals surface area contributed by atoms with Crippen LogP contribution in [-0.4, -0.2) is 14.9 Å². The van der Waals surface area contributed by atoms with E-state index in [1.165, 1.54) is 16.8 Å². The molecule has 0 aliphatic heterocycles. The minimum atomic E-state index is -0.317. The Morgan fingerprint density at radius 1 is 1.10 bits per heavy atom. The maximum atomic E-state index is 13.2. The van der Waals surface area contributed by atoms with Crippen LogP contribution in [0.15, 0.2) is 54.7 Å². The van der Waals surface area contributed by atoms with Gasteiger partial charge in [0.1, 0.15) is 17.3 Å². The molecule has 0 saturated carbocycles. The molecule has 96 valence electrons. The quantitative estimate of drug-likeness (QED) is 0.582. The molecule has 3 nitrogen and oxygen atoms in total. The minimum absolute atomic E-state index is 0. The van der Waals surface area contributed by atoms with E-state index < -0.39 is 0 Å². The van der Waals surface area contributed by atoms with Gasteiger partial charge in [0.25, 0.3) is 0 Å². The molecule has 1 N–H and O–H groups in total. The van der Waals surface area contributed by atoms with Gasteiger partial charge in [-0.2, -0.15) is 0 Å². The van der Waals surface area contributed by atoms with Crippen LogP contribution >= 0.6 is 0 Å². The molecule has 0 unspecified atom stereocenters. The molecule has 1 heterocycles. The van der Waals surface area contributed by atoms with Crippen LogP contribution in [0.5, 0.6) is 5.75 Å². The third-order valence-corrected chi connectivity index (χ3v) is 2.76. The Morgan fingerprint density at radius 2 is 1.90 bits per heavy atom. The number of phenols is 1. The van der Waals surface area contributed by atoms with Crippen molar-refractivity contribution in [2.45, 2.75) is 0 Å². The van der Waals surface area contributed by atoms with Crippen LogP contribution in [-0.2, 0) is 19.5 Å². The molecule has 0 spiro atoms. The summed E-state index contributed by atoms with van der Waals surface area (Å²) in [5.74, 6) is -0.187. The summed E-state index contributed by atoms with van der Waals surface area (Å²) in [4.78, 5) is 0. The summed E-state index contributed by atoms with van der Waals surface area (Å²) < 4.78 is 14.7. The summed E-state index contributed by atoms with van der Waals surface area (Å²) in [6.45, 7) is 0. The van der Waals surface area contributed by atoms with Crippen molar-refractivity contribution in [2.24, 2.45) is 0 Å². The summed E-state index contributed by atoms with van der Waals surface area (Å²) in [5.41, 5.74) is 1.73. The molecule has 5 heteroatoms. The number of hydrogen-bond acceptors (Lipinski definition) is 2. The average molecular weight is 319 g/mol. The van der Waals surface area contributed by atoms with E-state index in [1.54, 1.807) is 42.6 Å². The van der Waals surface area contributed by atoms with Gasteiger partial charge in [0.15, 0.2) is 0 Å². The van der Waals surface area contributed by atoms with Crippen molar-refractivity contribution in [3.63, 3.8) is 0 Å². The molecular weight excluding hydrogens is 309 g/mol. The van der Waals surface area contributed by atoms with E-state index in [0.29, 0.717) is 16.9 Å². The van der Waals surface area contributed by atoms with Gasteiger partial charge in [-0.3, -0.25) is 4.68 Å². The molecule has 0 aliphatic carbocycles. The number of benzene rings is 2. The number of hydrogen-bond donors (Lipinski definition) is 1. The van der Waals surface area contributed by atoms with Gasteiger partial charge in [0.2, 0.25) is 0 Å². The van der Waals surface area contributed by atoms with Gasteiger partial charge < -0.3 is 5.11 Å². The van der Waals surface area contributed by atoms with Crippen molar-refractivity contribution in [3.8, 4) is 22.7 Å². The minimum Gasteiger partial charge on any atom is -0.506 e. The third-order valence-electron chi connectivity index (χ3n) is 2.76. The van der Waals surface area contributed by atoms with Gasteiger partial charge in [-0.05, 0) is 18.2 Å². The van der Waals surface area contributed by atoms with E-state index >= 15 is 0 Å². The number of aromatic hydroxyl groups is 1. The van der Waals surface area contributed by atoms with Crippen molar-refractivity contribution in [1.82, 2.24) is 9.78 Å². The molecule has 0 bridgehead atoms. The van der Waals surface area contributed by atoms with Gasteiger partial charge in [0, 0.05) is 19.5 Å². The Kier molecular flexibility index (Phi) is 4.30. The molecule has 3 rings (SSSR count). The number of nitrogens with zero attached hydrogens (tertiary/aromatic N) is 2. The molecule has 1 aromatic heterocycles. The number of para-hydroxylation sites is 2. The standard InChI is InChI=1S/C15H10FN2O.Zn/c16-12-5-3-4-11(10-12)13-8-9-18(17-13)14-6-1-2-7-15(14)19;/h1-7,9-10,19H;/q-1;. The largest absolute Gasteiger partial charge is 0.506 e. The SMILES string of the molecule is Oc1ccccc1-n1c[c-]c(-c2cccc(F)c2)n1.[Zn]. The molecule has 0 fully saturated rings.